The minimum Gasteiger partial charge on any atom is -0.311 e. The number of nitrogens with zero attached hydrogens (tertiary/aromatic N) is 2. The summed E-state index contributed by atoms with van der Waals surface area (Å²) in [4.78, 5) is 4.72. The van der Waals surface area contributed by atoms with Crippen molar-refractivity contribution in [1.82, 2.24) is 0 Å². The van der Waals surface area contributed by atoms with E-state index in [0.717, 1.165) is 67.5 Å². The van der Waals surface area contributed by atoms with E-state index in [-0.39, 0.29) is 5.41 Å². The zero-order chi connectivity index (χ0) is 44.3. The lowest BCUT2D eigenvalue weighted by Crippen LogP contribution is -2.16. The molecule has 9 aromatic carbocycles. The van der Waals surface area contributed by atoms with Crippen molar-refractivity contribution in [2.45, 2.75) is 19.3 Å². The van der Waals surface area contributed by atoms with E-state index in [1.807, 2.05) is 18.2 Å². The van der Waals surface area contributed by atoms with Gasteiger partial charge in [-0.15, -0.1) is 0 Å². The van der Waals surface area contributed by atoms with Crippen LogP contribution in [0, 0.1) is 0 Å². The van der Waals surface area contributed by atoms with Gasteiger partial charge < -0.3 is 9.80 Å². The van der Waals surface area contributed by atoms with Gasteiger partial charge in [-0.3, -0.25) is 0 Å². The van der Waals surface area contributed by atoms with E-state index in [1.165, 1.54) is 33.4 Å². The largest absolute Gasteiger partial charge is 0.311 e. The first kappa shape index (κ1) is 40.8. The van der Waals surface area contributed by atoms with Crippen molar-refractivity contribution in [3.63, 3.8) is 0 Å². The summed E-state index contributed by atoms with van der Waals surface area (Å²) in [6, 6.07) is 81.3. The monoisotopic (exact) mass is 834 g/mol. The highest BCUT2D eigenvalue weighted by atomic mass is 15.1. The third-order valence-corrected chi connectivity index (χ3v) is 12.8. The first-order valence-corrected chi connectivity index (χ1v) is 22.3. The third-order valence-electron chi connectivity index (χ3n) is 12.8. The van der Waals surface area contributed by atoms with Gasteiger partial charge in [0.2, 0.25) is 0 Å². The Kier molecular flexibility index (Phi) is 11.0. The minimum atomic E-state index is -0.140. The van der Waals surface area contributed by atoms with Gasteiger partial charge in [0.05, 0.1) is 0 Å². The Bertz CT molecular complexity index is 3160. The van der Waals surface area contributed by atoms with Crippen LogP contribution in [0.2, 0.25) is 0 Å². The molecule has 0 N–H and O–H groups in total. The maximum Gasteiger partial charge on any atom is 0.0468 e. The molecule has 9 aromatic rings. The van der Waals surface area contributed by atoms with E-state index in [2.05, 4.69) is 261 Å². The van der Waals surface area contributed by atoms with E-state index < -0.39 is 0 Å². The fourth-order valence-corrected chi connectivity index (χ4v) is 9.52. The summed E-state index contributed by atoms with van der Waals surface area (Å²) >= 11 is 0. The molecule has 10 rings (SSSR count). The number of rotatable bonds is 12. The van der Waals surface area contributed by atoms with Gasteiger partial charge in [-0.1, -0.05) is 197 Å². The Labute approximate surface area is 384 Å². The number of hydrogen-bond acceptors (Lipinski definition) is 2. The number of hydrogen-bond donors (Lipinski definition) is 0. The van der Waals surface area contributed by atoms with Crippen LogP contribution < -0.4 is 9.80 Å². The van der Waals surface area contributed by atoms with E-state index in [4.69, 9.17) is 0 Å². The zero-order valence-corrected chi connectivity index (χ0v) is 36.9. The molecule has 0 bridgehead atoms. The molecule has 0 spiro atoms. The second kappa shape index (κ2) is 17.5. The summed E-state index contributed by atoms with van der Waals surface area (Å²) in [7, 11) is 0. The van der Waals surface area contributed by atoms with Gasteiger partial charge in [-0.2, -0.15) is 0 Å². The maximum absolute atomic E-state index is 4.07. The number of para-hydroxylation sites is 1. The summed E-state index contributed by atoms with van der Waals surface area (Å²) < 4.78 is 0. The predicted molar refractivity (Wildman–Crippen MR) is 278 cm³/mol. The molecule has 65 heavy (non-hydrogen) atoms. The van der Waals surface area contributed by atoms with E-state index in [0.29, 0.717) is 0 Å². The molecule has 0 unspecified atom stereocenters. The molecular formula is C63H50N2. The highest BCUT2D eigenvalue weighted by Crippen LogP contribution is 2.51. The Hall–Kier alpha value is -8.20. The molecule has 0 aromatic heterocycles. The molecule has 312 valence electrons. The van der Waals surface area contributed by atoms with Crippen molar-refractivity contribution in [3.8, 4) is 44.5 Å². The van der Waals surface area contributed by atoms with Gasteiger partial charge in [0.15, 0.2) is 0 Å². The van der Waals surface area contributed by atoms with E-state index in [9.17, 15) is 0 Å². The fraction of sp³-hybridized carbons (Fsp3) is 0.0476. The molecule has 0 saturated carbocycles. The molecule has 0 heterocycles. The van der Waals surface area contributed by atoms with Crippen molar-refractivity contribution < 1.29 is 0 Å². The lowest BCUT2D eigenvalue weighted by molar-refractivity contribution is 0.660. The normalized spacial score (nSPS) is 12.5. The molecule has 0 radical (unpaired) electrons. The van der Waals surface area contributed by atoms with Crippen LogP contribution in [-0.2, 0) is 5.41 Å². The van der Waals surface area contributed by atoms with Gasteiger partial charge >= 0.3 is 0 Å². The Morgan fingerprint density at radius 3 is 1.42 bits per heavy atom. The highest BCUT2D eigenvalue weighted by Gasteiger charge is 2.35. The lowest BCUT2D eigenvalue weighted by atomic mass is 9.82. The van der Waals surface area contributed by atoms with Gasteiger partial charge in [-0.05, 0) is 140 Å². The van der Waals surface area contributed by atoms with Crippen LogP contribution >= 0.6 is 0 Å². The topological polar surface area (TPSA) is 6.48 Å². The van der Waals surface area contributed by atoms with Crippen LogP contribution in [0.4, 0.5) is 34.1 Å². The SMILES string of the molecule is C=C/C=C(\C=C)c1ccc(N(c2ccc(-c3ccc(N(c4ccccc4)c4ccc(-c5ccccc5)cc4)cc3)c(-c3ccccc3)c2)c2ccc3c(c2)C(C)(C)c2ccccc2-3)cc1. The van der Waals surface area contributed by atoms with Gasteiger partial charge in [0, 0.05) is 39.5 Å². The number of allylic oxidation sites excluding steroid dienone is 4. The van der Waals surface area contributed by atoms with E-state index >= 15 is 0 Å². The summed E-state index contributed by atoms with van der Waals surface area (Å²) in [5, 5.41) is 0. The van der Waals surface area contributed by atoms with Crippen molar-refractivity contribution in [2.24, 2.45) is 0 Å². The Morgan fingerprint density at radius 2 is 0.800 bits per heavy atom. The molecule has 1 aliphatic rings. The van der Waals surface area contributed by atoms with Crippen molar-refractivity contribution in [3.05, 3.63) is 273 Å². The molecule has 0 saturated heterocycles. The third kappa shape index (κ3) is 7.81. The average Bonchev–Trinajstić information content (AvgIpc) is 3.60. The second-order valence-corrected chi connectivity index (χ2v) is 17.1. The first-order chi connectivity index (χ1) is 31.9. The minimum absolute atomic E-state index is 0.140. The van der Waals surface area contributed by atoms with Crippen LogP contribution in [0.3, 0.4) is 0 Å². The molecule has 2 nitrogen and oxygen atoms in total. The van der Waals surface area contributed by atoms with Crippen LogP contribution in [-0.4, -0.2) is 0 Å². The van der Waals surface area contributed by atoms with Crippen molar-refractivity contribution in [2.75, 3.05) is 9.80 Å². The summed E-state index contributed by atoms with van der Waals surface area (Å²) in [5.74, 6) is 0. The second-order valence-electron chi connectivity index (χ2n) is 17.1. The molecule has 0 atom stereocenters. The highest BCUT2D eigenvalue weighted by molar-refractivity contribution is 5.91. The maximum atomic E-state index is 4.07. The van der Waals surface area contributed by atoms with Gasteiger partial charge in [0.1, 0.15) is 0 Å². The number of anilines is 6. The molecule has 0 amide bonds. The predicted octanol–water partition coefficient (Wildman–Crippen LogP) is 17.7. The fourth-order valence-electron chi connectivity index (χ4n) is 9.52. The average molecular weight is 835 g/mol. The van der Waals surface area contributed by atoms with Crippen LogP contribution in [0.1, 0.15) is 30.5 Å². The molecular weight excluding hydrogens is 785 g/mol. The summed E-state index contributed by atoms with van der Waals surface area (Å²) in [6.07, 6.45) is 5.69. The Morgan fingerprint density at radius 1 is 0.369 bits per heavy atom. The first-order valence-electron chi connectivity index (χ1n) is 22.3. The smallest absolute Gasteiger partial charge is 0.0468 e. The number of benzene rings is 9. The summed E-state index contributed by atoms with van der Waals surface area (Å²) in [6.45, 7) is 12.7. The quantitative estimate of drug-likeness (QED) is 0.113. The molecule has 1 aliphatic carbocycles. The lowest BCUT2D eigenvalue weighted by Gasteiger charge is -2.29. The van der Waals surface area contributed by atoms with Crippen LogP contribution in [0.25, 0.3) is 50.1 Å². The van der Waals surface area contributed by atoms with Crippen LogP contribution in [0.15, 0.2) is 256 Å². The van der Waals surface area contributed by atoms with Crippen molar-refractivity contribution in [1.29, 1.82) is 0 Å². The van der Waals surface area contributed by atoms with Gasteiger partial charge in [0.25, 0.3) is 0 Å². The standard InChI is InChI=1S/C63H50N2/c1-5-18-45(6-2)47-27-33-54(34-28-47)65(56-40-42-59-58-25-16-17-26-61(58)63(3,4)62(59)44-56)55-39-41-57(60(43-55)49-21-12-8-13-22-49)50-31-37-53(38-32-50)64(51-23-14-9-15-24-51)52-35-29-48(30-36-52)46-19-10-7-11-20-46/h5-44H,1-2H2,3-4H3/b45-18+. The molecule has 0 fully saturated rings. The van der Waals surface area contributed by atoms with Gasteiger partial charge in [-0.25, -0.2) is 0 Å². The van der Waals surface area contributed by atoms with E-state index in [1.54, 1.807) is 0 Å². The Balaban J connectivity index is 1.07. The molecule has 2 heteroatoms. The number of fused-ring (bicyclic) bond motifs is 3. The summed E-state index contributed by atoms with van der Waals surface area (Å²) in [5.41, 5.74) is 20.9. The molecule has 0 aliphatic heterocycles. The zero-order valence-electron chi connectivity index (χ0n) is 36.9. The van der Waals surface area contributed by atoms with Crippen molar-refractivity contribution >= 4 is 39.7 Å². The van der Waals surface area contributed by atoms with Crippen LogP contribution in [0.5, 0.6) is 0 Å².